The Morgan fingerprint density at radius 2 is 1.69 bits per heavy atom. The number of nitrogens with zero attached hydrogens (tertiary/aromatic N) is 1. The lowest BCUT2D eigenvalue weighted by Crippen LogP contribution is -2.50. The zero-order valence-electron chi connectivity index (χ0n) is 16.0. The lowest BCUT2D eigenvalue weighted by atomic mass is 9.88. The molecule has 142 valence electrons. The second-order valence-corrected chi connectivity index (χ2v) is 8.02. The lowest BCUT2D eigenvalue weighted by Gasteiger charge is -2.34. The van der Waals surface area contributed by atoms with Gasteiger partial charge in [-0.1, -0.05) is 49.6 Å². The van der Waals surface area contributed by atoms with Gasteiger partial charge in [-0.05, 0) is 50.5 Å². The van der Waals surface area contributed by atoms with Gasteiger partial charge < -0.3 is 10.2 Å². The molecule has 1 saturated heterocycles. The molecule has 2 amide bonds. The highest BCUT2D eigenvalue weighted by atomic mass is 16.2. The molecule has 26 heavy (non-hydrogen) atoms. The average molecular weight is 357 g/mol. The van der Waals surface area contributed by atoms with Crippen molar-refractivity contribution in [3.05, 3.63) is 35.9 Å². The van der Waals surface area contributed by atoms with Gasteiger partial charge in [0.25, 0.3) is 0 Å². The highest BCUT2D eigenvalue weighted by Crippen LogP contribution is 2.24. The summed E-state index contributed by atoms with van der Waals surface area (Å²) in [5.41, 5.74) is 1.38. The molecule has 1 heterocycles. The van der Waals surface area contributed by atoms with Crippen molar-refractivity contribution < 1.29 is 9.59 Å². The number of amides is 2. The predicted octanol–water partition coefficient (Wildman–Crippen LogP) is 3.55. The molecule has 0 radical (unpaired) electrons. The van der Waals surface area contributed by atoms with Crippen molar-refractivity contribution in [1.29, 1.82) is 0 Å². The van der Waals surface area contributed by atoms with Crippen LogP contribution < -0.4 is 5.32 Å². The molecular weight excluding hydrogens is 324 g/mol. The van der Waals surface area contributed by atoms with E-state index in [-0.39, 0.29) is 17.7 Å². The number of hydrogen-bond acceptors (Lipinski definition) is 2. The third-order valence-corrected chi connectivity index (χ3v) is 6.00. The first kappa shape index (κ1) is 18.9. The smallest absolute Gasteiger partial charge is 0.244 e. The van der Waals surface area contributed by atoms with E-state index in [1.165, 1.54) is 12.0 Å². The predicted molar refractivity (Wildman–Crippen MR) is 104 cm³/mol. The second kappa shape index (κ2) is 9.20. The third-order valence-electron chi connectivity index (χ3n) is 6.00. The van der Waals surface area contributed by atoms with Crippen molar-refractivity contribution in [2.24, 2.45) is 11.8 Å². The summed E-state index contributed by atoms with van der Waals surface area (Å²) in [4.78, 5) is 27.0. The molecule has 1 aromatic rings. The van der Waals surface area contributed by atoms with Crippen molar-refractivity contribution >= 4 is 11.8 Å². The van der Waals surface area contributed by atoms with E-state index in [9.17, 15) is 9.59 Å². The zero-order valence-corrected chi connectivity index (χ0v) is 16.0. The van der Waals surface area contributed by atoms with Gasteiger partial charge in [-0.2, -0.15) is 0 Å². The van der Waals surface area contributed by atoms with E-state index in [2.05, 4.69) is 29.6 Å². The molecule has 1 aliphatic carbocycles. The molecule has 0 unspecified atom stereocenters. The molecule has 1 saturated carbocycles. The summed E-state index contributed by atoms with van der Waals surface area (Å²) in [5.74, 6) is 0.904. The quantitative estimate of drug-likeness (QED) is 0.877. The van der Waals surface area contributed by atoms with Crippen molar-refractivity contribution in [1.82, 2.24) is 10.2 Å². The summed E-state index contributed by atoms with van der Waals surface area (Å²) in [7, 11) is 0. The number of rotatable bonds is 5. The maximum atomic E-state index is 12.7. The van der Waals surface area contributed by atoms with E-state index in [0.29, 0.717) is 5.92 Å². The van der Waals surface area contributed by atoms with Gasteiger partial charge in [0.05, 0.1) is 0 Å². The Morgan fingerprint density at radius 3 is 2.35 bits per heavy atom. The molecule has 1 atom stereocenters. The summed E-state index contributed by atoms with van der Waals surface area (Å²) in [6.45, 7) is 3.44. The first-order valence-electron chi connectivity index (χ1n) is 10.3. The van der Waals surface area contributed by atoms with Gasteiger partial charge in [0.15, 0.2) is 0 Å². The molecule has 0 bridgehead atoms. The van der Waals surface area contributed by atoms with E-state index < -0.39 is 6.04 Å². The maximum Gasteiger partial charge on any atom is 0.244 e. The van der Waals surface area contributed by atoms with Gasteiger partial charge in [-0.3, -0.25) is 9.59 Å². The highest BCUT2D eigenvalue weighted by molar-refractivity contribution is 5.88. The van der Waals surface area contributed by atoms with Crippen LogP contribution in [0.2, 0.25) is 0 Å². The van der Waals surface area contributed by atoms with Crippen LogP contribution in [0.25, 0.3) is 0 Å². The Morgan fingerprint density at radius 1 is 1.04 bits per heavy atom. The van der Waals surface area contributed by atoms with Crippen molar-refractivity contribution in [2.75, 3.05) is 13.1 Å². The number of carbonyl (C=O) groups excluding carboxylic acids is 2. The molecule has 0 spiro atoms. The Kier molecular flexibility index (Phi) is 6.70. The average Bonchev–Trinajstić information content (AvgIpc) is 2.69. The second-order valence-electron chi connectivity index (χ2n) is 8.02. The number of likely N-dealkylation sites (tertiary alicyclic amines) is 1. The van der Waals surface area contributed by atoms with E-state index >= 15 is 0 Å². The van der Waals surface area contributed by atoms with Crippen LogP contribution in [0.4, 0.5) is 0 Å². The van der Waals surface area contributed by atoms with Crippen molar-refractivity contribution in [2.45, 2.75) is 64.3 Å². The fraction of sp³-hybridized carbons (Fsp3) is 0.636. The van der Waals surface area contributed by atoms with Crippen LogP contribution >= 0.6 is 0 Å². The molecule has 4 heteroatoms. The maximum absolute atomic E-state index is 12.7. The van der Waals surface area contributed by atoms with Gasteiger partial charge in [0.1, 0.15) is 6.04 Å². The lowest BCUT2D eigenvalue weighted by molar-refractivity contribution is -0.138. The first-order valence-corrected chi connectivity index (χ1v) is 10.3. The molecule has 1 N–H and O–H groups in total. The summed E-state index contributed by atoms with van der Waals surface area (Å²) in [6.07, 6.45) is 8.63. The molecule has 4 nitrogen and oxygen atoms in total. The number of carbonyl (C=O) groups is 2. The molecule has 2 aliphatic rings. The standard InChI is InChI=1S/C22H32N2O2/c1-17(23-21(25)20-10-6-3-7-11-20)22(26)24-14-12-19(13-15-24)16-18-8-4-2-5-9-18/h2,4-5,8-9,17,19-20H,3,6-7,10-16H2,1H3,(H,23,25)/t17-/m1/s1. The molecular formula is C22H32N2O2. The molecule has 0 aromatic heterocycles. The van der Waals surface area contributed by atoms with Crippen LogP contribution in [0.5, 0.6) is 0 Å². The first-order chi connectivity index (χ1) is 12.6. The van der Waals surface area contributed by atoms with Gasteiger partial charge in [0.2, 0.25) is 11.8 Å². The molecule has 1 aliphatic heterocycles. The van der Waals surface area contributed by atoms with Crippen molar-refractivity contribution in [3.63, 3.8) is 0 Å². The zero-order chi connectivity index (χ0) is 18.4. The van der Waals surface area contributed by atoms with Crippen LogP contribution in [-0.4, -0.2) is 35.8 Å². The topological polar surface area (TPSA) is 49.4 Å². The summed E-state index contributed by atoms with van der Waals surface area (Å²) < 4.78 is 0. The number of piperidine rings is 1. The minimum atomic E-state index is -0.407. The monoisotopic (exact) mass is 356 g/mol. The van der Waals surface area contributed by atoms with Gasteiger partial charge in [-0.15, -0.1) is 0 Å². The minimum Gasteiger partial charge on any atom is -0.344 e. The Bertz CT molecular complexity index is 587. The van der Waals surface area contributed by atoms with E-state index in [1.54, 1.807) is 0 Å². The van der Waals surface area contributed by atoms with E-state index in [4.69, 9.17) is 0 Å². The van der Waals surface area contributed by atoms with Crippen LogP contribution in [-0.2, 0) is 16.0 Å². The largest absolute Gasteiger partial charge is 0.344 e. The Labute approximate surface area is 157 Å². The summed E-state index contributed by atoms with van der Waals surface area (Å²) >= 11 is 0. The van der Waals surface area contributed by atoms with E-state index in [0.717, 1.165) is 58.0 Å². The number of hydrogen-bond donors (Lipinski definition) is 1. The Hall–Kier alpha value is -1.84. The Balaban J connectivity index is 1.43. The van der Waals surface area contributed by atoms with E-state index in [1.807, 2.05) is 17.9 Å². The van der Waals surface area contributed by atoms with Crippen LogP contribution in [0.15, 0.2) is 30.3 Å². The number of nitrogens with one attached hydrogen (secondary N) is 1. The van der Waals surface area contributed by atoms with Crippen LogP contribution in [0.3, 0.4) is 0 Å². The van der Waals surface area contributed by atoms with Gasteiger partial charge >= 0.3 is 0 Å². The fourth-order valence-corrected chi connectivity index (χ4v) is 4.34. The van der Waals surface area contributed by atoms with Crippen molar-refractivity contribution in [3.8, 4) is 0 Å². The summed E-state index contributed by atoms with van der Waals surface area (Å²) in [6, 6.07) is 10.2. The van der Waals surface area contributed by atoms with Crippen LogP contribution in [0, 0.1) is 11.8 Å². The molecule has 1 aromatic carbocycles. The van der Waals surface area contributed by atoms with Gasteiger partial charge in [-0.25, -0.2) is 0 Å². The molecule has 3 rings (SSSR count). The number of benzene rings is 1. The highest BCUT2D eigenvalue weighted by Gasteiger charge is 2.29. The fourth-order valence-electron chi connectivity index (χ4n) is 4.34. The SMILES string of the molecule is C[C@@H](NC(=O)C1CCCCC1)C(=O)N1CCC(Cc2ccccc2)CC1. The molecule has 2 fully saturated rings. The van der Waals surface area contributed by atoms with Gasteiger partial charge in [0, 0.05) is 19.0 Å². The normalized spacial score (nSPS) is 20.6. The summed E-state index contributed by atoms with van der Waals surface area (Å²) in [5, 5.41) is 2.97. The minimum absolute atomic E-state index is 0.0736. The van der Waals surface area contributed by atoms with Crippen LogP contribution in [0.1, 0.15) is 57.4 Å². The third kappa shape index (κ3) is 5.09.